The van der Waals surface area contributed by atoms with E-state index in [1.165, 1.54) is 4.90 Å². The van der Waals surface area contributed by atoms with E-state index in [9.17, 15) is 10.1 Å². The predicted octanol–water partition coefficient (Wildman–Crippen LogP) is 3.89. The molecule has 0 spiro atoms. The fourth-order valence-electron chi connectivity index (χ4n) is 1.40. The van der Waals surface area contributed by atoms with Gasteiger partial charge in [0.05, 0.1) is 4.92 Å². The molecule has 0 bridgehead atoms. The van der Waals surface area contributed by atoms with E-state index in [4.69, 9.17) is 0 Å². The minimum absolute atomic E-state index is 0.137. The van der Waals surface area contributed by atoms with Crippen LogP contribution in [0.2, 0.25) is 0 Å². The van der Waals surface area contributed by atoms with Crippen molar-refractivity contribution in [1.82, 2.24) is 0 Å². The van der Waals surface area contributed by atoms with Gasteiger partial charge < -0.3 is 0 Å². The molecule has 0 heterocycles. The summed E-state index contributed by atoms with van der Waals surface area (Å²) in [6.07, 6.45) is 0. The molecule has 2 aromatic rings. The Labute approximate surface area is 104 Å². The highest BCUT2D eigenvalue weighted by molar-refractivity contribution is 7.98. The zero-order valence-corrected chi connectivity index (χ0v) is 9.89. The highest BCUT2D eigenvalue weighted by Crippen LogP contribution is 2.23. The molecule has 0 aliphatic rings. The van der Waals surface area contributed by atoms with Gasteiger partial charge in [-0.3, -0.25) is 10.1 Å². The van der Waals surface area contributed by atoms with Crippen molar-refractivity contribution in [3.05, 3.63) is 70.3 Å². The molecule has 86 valence electrons. The molecule has 2 aromatic carbocycles. The smallest absolute Gasteiger partial charge is 0.258 e. The first kappa shape index (κ1) is 11.7. The van der Waals surface area contributed by atoms with E-state index in [1.807, 2.05) is 18.2 Å². The Morgan fingerprint density at radius 3 is 2.24 bits per heavy atom. The topological polar surface area (TPSA) is 43.1 Å². The maximum Gasteiger partial charge on any atom is 0.269 e. The third-order valence-electron chi connectivity index (χ3n) is 2.30. The maximum absolute atomic E-state index is 10.5. The number of hydrogen-bond donors (Lipinski definition) is 0. The van der Waals surface area contributed by atoms with Crippen LogP contribution in [0, 0.1) is 10.1 Å². The van der Waals surface area contributed by atoms with E-state index in [0.717, 1.165) is 11.3 Å². The van der Waals surface area contributed by atoms with Crippen LogP contribution in [0.5, 0.6) is 0 Å². The van der Waals surface area contributed by atoms with E-state index >= 15 is 0 Å². The Bertz CT molecular complexity index is 497. The van der Waals surface area contributed by atoms with Crippen LogP contribution in [0.3, 0.4) is 0 Å². The van der Waals surface area contributed by atoms with Crippen molar-refractivity contribution < 1.29 is 4.92 Å². The molecular weight excluding hydrogens is 234 g/mol. The molecule has 4 heteroatoms. The molecule has 3 nitrogen and oxygen atoms in total. The summed E-state index contributed by atoms with van der Waals surface area (Å²) < 4.78 is 0. The molecule has 0 radical (unpaired) electrons. The monoisotopic (exact) mass is 245 g/mol. The van der Waals surface area contributed by atoms with Crippen molar-refractivity contribution in [2.75, 3.05) is 0 Å². The molecular formula is C13H11NO2S. The molecule has 0 aromatic heterocycles. The second-order valence-corrected chi connectivity index (χ2v) is 4.57. The predicted molar refractivity (Wildman–Crippen MR) is 69.1 cm³/mol. The lowest BCUT2D eigenvalue weighted by Gasteiger charge is -2.01. The molecule has 17 heavy (non-hydrogen) atoms. The molecule has 0 atom stereocenters. The summed E-state index contributed by atoms with van der Waals surface area (Å²) in [5.41, 5.74) is 1.22. The zero-order chi connectivity index (χ0) is 12.1. The SMILES string of the molecule is O=[N+]([O-])c1ccc(CSc2ccccc2)cc1. The molecule has 0 saturated heterocycles. The minimum Gasteiger partial charge on any atom is -0.258 e. The number of benzene rings is 2. The molecule has 0 unspecified atom stereocenters. The van der Waals surface area contributed by atoms with Crippen LogP contribution in [-0.2, 0) is 5.75 Å². The van der Waals surface area contributed by atoms with Crippen molar-refractivity contribution in [1.29, 1.82) is 0 Å². The van der Waals surface area contributed by atoms with Gasteiger partial charge in [-0.05, 0) is 17.7 Å². The number of nitro benzene ring substituents is 1. The van der Waals surface area contributed by atoms with Crippen LogP contribution in [0.1, 0.15) is 5.56 Å². The van der Waals surface area contributed by atoms with Gasteiger partial charge >= 0.3 is 0 Å². The average Bonchev–Trinajstić information content (AvgIpc) is 2.38. The summed E-state index contributed by atoms with van der Waals surface area (Å²) >= 11 is 1.72. The molecule has 0 amide bonds. The molecule has 0 aliphatic heterocycles. The van der Waals surface area contributed by atoms with Gasteiger partial charge in [0.1, 0.15) is 0 Å². The van der Waals surface area contributed by atoms with Crippen molar-refractivity contribution in [2.24, 2.45) is 0 Å². The Balaban J connectivity index is 1.98. The van der Waals surface area contributed by atoms with Crippen LogP contribution >= 0.6 is 11.8 Å². The van der Waals surface area contributed by atoms with Gasteiger partial charge in [-0.25, -0.2) is 0 Å². The highest BCUT2D eigenvalue weighted by Gasteiger charge is 2.03. The first-order valence-electron chi connectivity index (χ1n) is 5.17. The Morgan fingerprint density at radius 1 is 1.00 bits per heavy atom. The number of rotatable bonds is 4. The van der Waals surface area contributed by atoms with Gasteiger partial charge in [0.15, 0.2) is 0 Å². The van der Waals surface area contributed by atoms with Gasteiger partial charge in [0.2, 0.25) is 0 Å². The van der Waals surface area contributed by atoms with Gasteiger partial charge in [-0.1, -0.05) is 30.3 Å². The molecule has 0 N–H and O–H groups in total. The van der Waals surface area contributed by atoms with Crippen molar-refractivity contribution in [3.8, 4) is 0 Å². The lowest BCUT2D eigenvalue weighted by Crippen LogP contribution is -1.88. The fourth-order valence-corrected chi connectivity index (χ4v) is 2.27. The normalized spacial score (nSPS) is 10.1. The lowest BCUT2D eigenvalue weighted by atomic mass is 10.2. The van der Waals surface area contributed by atoms with E-state index in [2.05, 4.69) is 12.1 Å². The maximum atomic E-state index is 10.5. The van der Waals surface area contributed by atoms with E-state index in [-0.39, 0.29) is 10.6 Å². The minimum atomic E-state index is -0.381. The summed E-state index contributed by atoms with van der Waals surface area (Å²) in [7, 11) is 0. The first-order valence-corrected chi connectivity index (χ1v) is 6.15. The van der Waals surface area contributed by atoms with Gasteiger partial charge in [0, 0.05) is 22.8 Å². The number of thioether (sulfide) groups is 1. The first-order chi connectivity index (χ1) is 8.25. The summed E-state index contributed by atoms with van der Waals surface area (Å²) in [5, 5.41) is 10.5. The van der Waals surface area contributed by atoms with Gasteiger partial charge in [-0.15, -0.1) is 11.8 Å². The standard InChI is InChI=1S/C13H11NO2S/c15-14(16)12-8-6-11(7-9-12)10-17-13-4-2-1-3-5-13/h1-9H,10H2. The average molecular weight is 245 g/mol. The zero-order valence-electron chi connectivity index (χ0n) is 9.08. The van der Waals surface area contributed by atoms with E-state index < -0.39 is 0 Å². The Hall–Kier alpha value is -1.81. The Morgan fingerprint density at radius 2 is 1.65 bits per heavy atom. The van der Waals surface area contributed by atoms with Crippen LogP contribution in [0.25, 0.3) is 0 Å². The quantitative estimate of drug-likeness (QED) is 0.466. The van der Waals surface area contributed by atoms with Crippen LogP contribution in [0.4, 0.5) is 5.69 Å². The number of nitro groups is 1. The number of nitrogens with zero attached hydrogens (tertiary/aromatic N) is 1. The van der Waals surface area contributed by atoms with Crippen molar-refractivity contribution in [3.63, 3.8) is 0 Å². The van der Waals surface area contributed by atoms with Crippen LogP contribution < -0.4 is 0 Å². The van der Waals surface area contributed by atoms with E-state index in [0.29, 0.717) is 0 Å². The molecule has 2 rings (SSSR count). The van der Waals surface area contributed by atoms with Gasteiger partial charge in [0.25, 0.3) is 5.69 Å². The van der Waals surface area contributed by atoms with Gasteiger partial charge in [-0.2, -0.15) is 0 Å². The van der Waals surface area contributed by atoms with Crippen molar-refractivity contribution >= 4 is 17.4 Å². The molecule has 0 aliphatic carbocycles. The summed E-state index contributed by atoms with van der Waals surface area (Å²) in [6.45, 7) is 0. The van der Waals surface area contributed by atoms with Crippen LogP contribution in [-0.4, -0.2) is 4.92 Å². The third kappa shape index (κ3) is 3.32. The van der Waals surface area contributed by atoms with Crippen LogP contribution in [0.15, 0.2) is 59.5 Å². The van der Waals surface area contributed by atoms with Crippen molar-refractivity contribution in [2.45, 2.75) is 10.6 Å². The number of hydrogen-bond acceptors (Lipinski definition) is 3. The summed E-state index contributed by atoms with van der Waals surface area (Å²) in [6, 6.07) is 16.8. The lowest BCUT2D eigenvalue weighted by molar-refractivity contribution is -0.384. The summed E-state index contributed by atoms with van der Waals surface area (Å²) in [4.78, 5) is 11.3. The number of non-ortho nitro benzene ring substituents is 1. The van der Waals surface area contributed by atoms with E-state index in [1.54, 1.807) is 36.0 Å². The highest BCUT2D eigenvalue weighted by atomic mass is 32.2. The third-order valence-corrected chi connectivity index (χ3v) is 3.38. The molecule has 0 fully saturated rings. The second kappa shape index (κ2) is 5.50. The Kier molecular flexibility index (Phi) is 3.77. The summed E-state index contributed by atoms with van der Waals surface area (Å²) in [5.74, 6) is 0.821. The fraction of sp³-hybridized carbons (Fsp3) is 0.0769. The largest absolute Gasteiger partial charge is 0.269 e. The molecule has 0 saturated carbocycles. The second-order valence-electron chi connectivity index (χ2n) is 3.53.